The molecule has 0 N–H and O–H groups in total. The van der Waals surface area contributed by atoms with Crippen LogP contribution in [0.15, 0.2) is 176 Å². The van der Waals surface area contributed by atoms with E-state index in [1.165, 1.54) is 92.6 Å². The maximum absolute atomic E-state index is 2.52. The van der Waals surface area contributed by atoms with E-state index < -0.39 is 0 Å². The largest absolute Gasteiger partial charge is 0.309 e. The van der Waals surface area contributed by atoms with Crippen molar-refractivity contribution in [3.63, 3.8) is 0 Å². The molecule has 9 aromatic rings. The van der Waals surface area contributed by atoms with E-state index in [4.69, 9.17) is 0 Å². The molecular weight excluding hydrogens is 695 g/mol. The van der Waals surface area contributed by atoms with Gasteiger partial charge in [-0.15, -0.1) is 11.3 Å². The normalized spacial score (nSPS) is 14.4. The van der Waals surface area contributed by atoms with Gasteiger partial charge in [0.1, 0.15) is 0 Å². The van der Waals surface area contributed by atoms with Gasteiger partial charge >= 0.3 is 0 Å². The van der Waals surface area contributed by atoms with Crippen LogP contribution in [0.4, 0.5) is 17.1 Å². The van der Waals surface area contributed by atoms with Crippen molar-refractivity contribution in [3.05, 3.63) is 198 Å². The van der Waals surface area contributed by atoms with Crippen LogP contribution in [0.5, 0.6) is 0 Å². The minimum atomic E-state index is -0.113. The van der Waals surface area contributed by atoms with Crippen molar-refractivity contribution in [3.8, 4) is 44.5 Å². The summed E-state index contributed by atoms with van der Waals surface area (Å²) in [6.45, 7) is 9.47. The quantitative estimate of drug-likeness (QED) is 0.170. The van der Waals surface area contributed by atoms with Crippen LogP contribution in [-0.2, 0) is 10.8 Å². The monoisotopic (exact) mass is 735 g/mol. The van der Waals surface area contributed by atoms with Gasteiger partial charge in [-0.05, 0) is 92.0 Å². The third-order valence-corrected chi connectivity index (χ3v) is 13.8. The predicted octanol–water partition coefficient (Wildman–Crippen LogP) is 15.5. The first-order valence-corrected chi connectivity index (χ1v) is 20.5. The molecule has 0 unspecified atom stereocenters. The molecule has 0 saturated heterocycles. The van der Waals surface area contributed by atoms with Crippen molar-refractivity contribution in [1.82, 2.24) is 0 Å². The Balaban J connectivity index is 1.13. The number of nitrogens with zero attached hydrogens (tertiary/aromatic N) is 1. The third-order valence-electron chi connectivity index (χ3n) is 12.7. The van der Waals surface area contributed by atoms with Crippen molar-refractivity contribution in [2.24, 2.45) is 0 Å². The molecule has 56 heavy (non-hydrogen) atoms. The van der Waals surface area contributed by atoms with Crippen molar-refractivity contribution in [1.29, 1.82) is 0 Å². The van der Waals surface area contributed by atoms with Gasteiger partial charge in [0.25, 0.3) is 0 Å². The van der Waals surface area contributed by atoms with Gasteiger partial charge in [-0.3, -0.25) is 0 Å². The summed E-state index contributed by atoms with van der Waals surface area (Å²) in [7, 11) is 0. The number of para-hydroxylation sites is 1. The average molecular weight is 736 g/mol. The van der Waals surface area contributed by atoms with Gasteiger partial charge in [0.2, 0.25) is 0 Å². The third kappa shape index (κ3) is 4.72. The molecule has 268 valence electrons. The Morgan fingerprint density at radius 3 is 1.64 bits per heavy atom. The molecule has 0 fully saturated rings. The van der Waals surface area contributed by atoms with E-state index in [0.717, 1.165) is 11.4 Å². The molecule has 0 amide bonds. The molecule has 1 heterocycles. The maximum atomic E-state index is 2.52. The van der Waals surface area contributed by atoms with Crippen molar-refractivity contribution >= 4 is 48.6 Å². The summed E-state index contributed by atoms with van der Waals surface area (Å²) in [6.07, 6.45) is 0. The minimum Gasteiger partial charge on any atom is -0.309 e. The zero-order valence-electron chi connectivity index (χ0n) is 32.1. The zero-order valence-corrected chi connectivity index (χ0v) is 32.9. The smallest absolute Gasteiger partial charge is 0.0543 e. The number of rotatable bonds is 5. The molecule has 2 aliphatic rings. The maximum Gasteiger partial charge on any atom is 0.0543 e. The molecule has 0 spiro atoms. The van der Waals surface area contributed by atoms with Crippen LogP contribution in [0.1, 0.15) is 49.9 Å². The lowest BCUT2D eigenvalue weighted by Gasteiger charge is -2.31. The SMILES string of the molecule is CC1(C)c2ccccc2-c2c(-c3ccccc3N(c3ccc(-c4ccc5c(c4)sc4ccccc45)cc3)c3cccc4c3-c3ccccc3C4(C)C)cccc21. The molecule has 0 bridgehead atoms. The van der Waals surface area contributed by atoms with Crippen LogP contribution in [0.25, 0.3) is 64.7 Å². The fraction of sp³-hybridized carbons (Fsp3) is 0.111. The van der Waals surface area contributed by atoms with Crippen LogP contribution in [0, 0.1) is 0 Å². The molecule has 0 atom stereocenters. The topological polar surface area (TPSA) is 3.24 Å². The van der Waals surface area contributed by atoms with E-state index in [0.29, 0.717) is 0 Å². The minimum absolute atomic E-state index is 0.0825. The molecule has 0 radical (unpaired) electrons. The van der Waals surface area contributed by atoms with Gasteiger partial charge in [0, 0.05) is 47.8 Å². The molecule has 0 saturated carbocycles. The lowest BCUT2D eigenvalue weighted by atomic mass is 9.82. The van der Waals surface area contributed by atoms with Gasteiger partial charge in [-0.1, -0.05) is 167 Å². The van der Waals surface area contributed by atoms with E-state index in [9.17, 15) is 0 Å². The van der Waals surface area contributed by atoms with Gasteiger partial charge in [-0.25, -0.2) is 0 Å². The van der Waals surface area contributed by atoms with Crippen LogP contribution < -0.4 is 4.90 Å². The van der Waals surface area contributed by atoms with E-state index in [2.05, 4.69) is 209 Å². The molecule has 0 aliphatic heterocycles. The number of fused-ring (bicyclic) bond motifs is 9. The average Bonchev–Trinajstić information content (AvgIpc) is 3.81. The first kappa shape index (κ1) is 33.1. The Morgan fingerprint density at radius 1 is 0.375 bits per heavy atom. The molecule has 8 aromatic carbocycles. The second kappa shape index (κ2) is 12.1. The summed E-state index contributed by atoms with van der Waals surface area (Å²) in [5.74, 6) is 0. The summed E-state index contributed by atoms with van der Waals surface area (Å²) in [4.78, 5) is 2.52. The van der Waals surface area contributed by atoms with Gasteiger partial charge in [0.05, 0.1) is 11.4 Å². The molecular formula is C54H41NS. The first-order valence-electron chi connectivity index (χ1n) is 19.7. The van der Waals surface area contributed by atoms with E-state index in [-0.39, 0.29) is 10.8 Å². The molecule has 11 rings (SSSR count). The molecule has 2 aliphatic carbocycles. The Labute approximate surface area is 333 Å². The fourth-order valence-corrected chi connectivity index (χ4v) is 11.1. The number of benzene rings is 8. The van der Waals surface area contributed by atoms with E-state index in [1.807, 2.05) is 11.3 Å². The number of hydrogen-bond acceptors (Lipinski definition) is 2. The van der Waals surface area contributed by atoms with Crippen LogP contribution in [0.3, 0.4) is 0 Å². The number of thiophene rings is 1. The van der Waals surface area contributed by atoms with Crippen molar-refractivity contribution < 1.29 is 0 Å². The van der Waals surface area contributed by atoms with Crippen LogP contribution in [-0.4, -0.2) is 0 Å². The van der Waals surface area contributed by atoms with Gasteiger partial charge in [-0.2, -0.15) is 0 Å². The lowest BCUT2D eigenvalue weighted by molar-refractivity contribution is 0.660. The summed E-state index contributed by atoms with van der Waals surface area (Å²) in [5.41, 5.74) is 19.1. The Morgan fingerprint density at radius 2 is 0.893 bits per heavy atom. The second-order valence-electron chi connectivity index (χ2n) is 16.5. The highest BCUT2D eigenvalue weighted by molar-refractivity contribution is 7.25. The zero-order chi connectivity index (χ0) is 37.8. The van der Waals surface area contributed by atoms with Gasteiger partial charge < -0.3 is 4.90 Å². The van der Waals surface area contributed by atoms with Crippen LogP contribution >= 0.6 is 11.3 Å². The second-order valence-corrected chi connectivity index (χ2v) is 17.6. The highest BCUT2D eigenvalue weighted by atomic mass is 32.1. The highest BCUT2D eigenvalue weighted by Gasteiger charge is 2.39. The summed E-state index contributed by atoms with van der Waals surface area (Å²) in [5, 5.41) is 2.66. The molecule has 1 aromatic heterocycles. The standard InChI is InChI=1S/C54H41NS/c1-53(2)43-20-9-5-17-41(43)51-40(19-13-22-45(51)53)37-15-7-11-24-47(37)55(48-25-14-23-46-52(48)42-18-6-10-21-44(42)54(46,3)4)36-30-27-34(28-31-36)35-29-32-39-38-16-8-12-26-49(38)56-50(39)33-35/h5-33H,1-4H3. The molecule has 2 heteroatoms. The summed E-state index contributed by atoms with van der Waals surface area (Å²) >= 11 is 1.87. The number of hydrogen-bond donors (Lipinski definition) is 0. The van der Waals surface area contributed by atoms with Crippen molar-refractivity contribution in [2.75, 3.05) is 4.90 Å². The molecule has 1 nitrogen and oxygen atoms in total. The Bertz CT molecular complexity index is 3030. The van der Waals surface area contributed by atoms with E-state index in [1.54, 1.807) is 0 Å². The summed E-state index contributed by atoms with van der Waals surface area (Å²) < 4.78 is 2.66. The van der Waals surface area contributed by atoms with Gasteiger partial charge in [0.15, 0.2) is 0 Å². The van der Waals surface area contributed by atoms with Crippen LogP contribution in [0.2, 0.25) is 0 Å². The summed E-state index contributed by atoms with van der Waals surface area (Å²) in [6, 6.07) is 65.8. The number of anilines is 3. The van der Waals surface area contributed by atoms with Crippen molar-refractivity contribution in [2.45, 2.75) is 38.5 Å². The predicted molar refractivity (Wildman–Crippen MR) is 240 cm³/mol. The lowest BCUT2D eigenvalue weighted by Crippen LogP contribution is -2.16. The fourth-order valence-electron chi connectivity index (χ4n) is 9.91. The Hall–Kier alpha value is -6.22. The van der Waals surface area contributed by atoms with E-state index >= 15 is 0 Å². The highest BCUT2D eigenvalue weighted by Crippen LogP contribution is 2.57. The first-order chi connectivity index (χ1) is 27.3. The Kier molecular flexibility index (Phi) is 7.18.